The van der Waals surface area contributed by atoms with Crippen LogP contribution >= 0.6 is 0 Å². The van der Waals surface area contributed by atoms with E-state index in [1.165, 1.54) is 12.1 Å². The number of ether oxygens (including phenoxy) is 1. The lowest BCUT2D eigenvalue weighted by Crippen LogP contribution is -2.34. The van der Waals surface area contributed by atoms with Crippen LogP contribution in [-0.2, 0) is 22.4 Å². The number of carbonyl (C=O) groups is 2. The Morgan fingerprint density at radius 2 is 1.93 bits per heavy atom. The van der Waals surface area contributed by atoms with E-state index in [0.717, 1.165) is 16.9 Å². The fourth-order valence-electron chi connectivity index (χ4n) is 3.45. The Balaban J connectivity index is 1.44. The number of carbonyl (C=O) groups excluding carboxylic acids is 2. The van der Waals surface area contributed by atoms with Gasteiger partial charge in [0.2, 0.25) is 11.8 Å². The number of benzene rings is 2. The number of nitrogens with one attached hydrogen (secondary N) is 1. The van der Waals surface area contributed by atoms with E-state index in [1.807, 2.05) is 24.3 Å². The summed E-state index contributed by atoms with van der Waals surface area (Å²) in [5.74, 6) is 0.114. The predicted molar refractivity (Wildman–Crippen MR) is 104 cm³/mol. The first kappa shape index (κ1) is 19.9. The Kier molecular flexibility index (Phi) is 6.63. The van der Waals surface area contributed by atoms with Crippen molar-refractivity contribution >= 4 is 11.8 Å². The van der Waals surface area contributed by atoms with Crippen molar-refractivity contribution in [2.45, 2.75) is 19.3 Å². The Labute approximate surface area is 164 Å². The third-order valence-corrected chi connectivity index (χ3v) is 5.06. The molecule has 0 aromatic heterocycles. The molecule has 1 saturated heterocycles. The molecule has 1 atom stereocenters. The normalized spacial score (nSPS) is 16.3. The van der Waals surface area contributed by atoms with Crippen molar-refractivity contribution < 1.29 is 18.7 Å². The van der Waals surface area contributed by atoms with Crippen LogP contribution in [0.2, 0.25) is 0 Å². The molecule has 2 amide bonds. The average molecular weight is 384 g/mol. The summed E-state index contributed by atoms with van der Waals surface area (Å²) in [4.78, 5) is 26.4. The minimum atomic E-state index is -0.321. The summed E-state index contributed by atoms with van der Waals surface area (Å²) >= 11 is 0. The molecule has 1 unspecified atom stereocenters. The molecule has 0 radical (unpaired) electrons. The van der Waals surface area contributed by atoms with Gasteiger partial charge in [-0.25, -0.2) is 4.39 Å². The van der Waals surface area contributed by atoms with E-state index in [2.05, 4.69) is 5.32 Å². The van der Waals surface area contributed by atoms with Gasteiger partial charge in [-0.1, -0.05) is 30.3 Å². The number of hydrogen-bond acceptors (Lipinski definition) is 3. The van der Waals surface area contributed by atoms with E-state index < -0.39 is 0 Å². The molecule has 148 valence electrons. The van der Waals surface area contributed by atoms with Crippen LogP contribution in [0.1, 0.15) is 17.5 Å². The molecular formula is C22H25FN2O3. The Morgan fingerprint density at radius 1 is 1.18 bits per heavy atom. The fourth-order valence-corrected chi connectivity index (χ4v) is 3.45. The van der Waals surface area contributed by atoms with Crippen LogP contribution in [-0.4, -0.2) is 43.5 Å². The van der Waals surface area contributed by atoms with E-state index in [0.29, 0.717) is 32.5 Å². The second kappa shape index (κ2) is 9.35. The van der Waals surface area contributed by atoms with Gasteiger partial charge in [0.05, 0.1) is 13.0 Å². The molecular weight excluding hydrogens is 359 g/mol. The SMILES string of the molecule is COc1ccccc1CCNC(=O)C1CC(=O)N(CCc2ccc(F)cc2)C1. The molecule has 1 heterocycles. The number of rotatable bonds is 8. The number of likely N-dealkylation sites (tertiary alicyclic amines) is 1. The molecule has 5 nitrogen and oxygen atoms in total. The number of methoxy groups -OCH3 is 1. The van der Waals surface area contributed by atoms with Gasteiger partial charge in [-0.2, -0.15) is 0 Å². The molecule has 1 aliphatic rings. The van der Waals surface area contributed by atoms with E-state index >= 15 is 0 Å². The Hall–Kier alpha value is -2.89. The van der Waals surface area contributed by atoms with Crippen molar-refractivity contribution in [1.82, 2.24) is 10.2 Å². The zero-order chi connectivity index (χ0) is 19.9. The van der Waals surface area contributed by atoms with Gasteiger partial charge in [-0.15, -0.1) is 0 Å². The van der Waals surface area contributed by atoms with E-state index in [4.69, 9.17) is 4.74 Å². The summed E-state index contributed by atoms with van der Waals surface area (Å²) in [5, 5.41) is 2.93. The number of amides is 2. The third-order valence-electron chi connectivity index (χ3n) is 5.06. The first-order chi connectivity index (χ1) is 13.6. The number of hydrogen-bond donors (Lipinski definition) is 1. The molecule has 0 spiro atoms. The highest BCUT2D eigenvalue weighted by Crippen LogP contribution is 2.20. The van der Waals surface area contributed by atoms with Gasteiger partial charge in [0.15, 0.2) is 0 Å². The molecule has 0 aliphatic carbocycles. The molecule has 1 aliphatic heterocycles. The molecule has 1 fully saturated rings. The minimum absolute atomic E-state index is 0.00742. The van der Waals surface area contributed by atoms with Crippen molar-refractivity contribution in [3.05, 3.63) is 65.5 Å². The standard InChI is InChI=1S/C22H25FN2O3/c1-28-20-5-3-2-4-17(20)10-12-24-22(27)18-14-21(26)25(15-18)13-11-16-6-8-19(23)9-7-16/h2-9,18H,10-15H2,1H3,(H,24,27). The van der Waals surface area contributed by atoms with Crippen LogP contribution in [0.25, 0.3) is 0 Å². The summed E-state index contributed by atoms with van der Waals surface area (Å²) in [7, 11) is 1.63. The largest absolute Gasteiger partial charge is 0.496 e. The van der Waals surface area contributed by atoms with Crippen LogP contribution in [0, 0.1) is 11.7 Å². The van der Waals surface area contributed by atoms with Gasteiger partial charge in [0.1, 0.15) is 11.6 Å². The Morgan fingerprint density at radius 3 is 2.68 bits per heavy atom. The second-order valence-electron chi connectivity index (χ2n) is 6.97. The third kappa shape index (κ3) is 5.09. The van der Waals surface area contributed by atoms with Gasteiger partial charge < -0.3 is 15.0 Å². The van der Waals surface area contributed by atoms with Crippen LogP contribution in [0.3, 0.4) is 0 Å². The van der Waals surface area contributed by atoms with Crippen LogP contribution < -0.4 is 10.1 Å². The highest BCUT2D eigenvalue weighted by molar-refractivity contribution is 5.89. The lowest BCUT2D eigenvalue weighted by Gasteiger charge is -2.16. The number of nitrogens with zero attached hydrogens (tertiary/aromatic N) is 1. The van der Waals surface area contributed by atoms with Crippen LogP contribution in [0.15, 0.2) is 48.5 Å². The van der Waals surface area contributed by atoms with Crippen molar-refractivity contribution in [3.8, 4) is 5.75 Å². The maximum absolute atomic E-state index is 13.0. The highest BCUT2D eigenvalue weighted by Gasteiger charge is 2.33. The zero-order valence-electron chi connectivity index (χ0n) is 16.0. The summed E-state index contributed by atoms with van der Waals surface area (Å²) in [6.45, 7) is 1.47. The van der Waals surface area contributed by atoms with E-state index in [-0.39, 0.29) is 30.0 Å². The first-order valence-corrected chi connectivity index (χ1v) is 9.48. The van der Waals surface area contributed by atoms with Crippen molar-refractivity contribution in [2.24, 2.45) is 5.92 Å². The molecule has 28 heavy (non-hydrogen) atoms. The summed E-state index contributed by atoms with van der Waals surface area (Å²) in [6, 6.07) is 14.0. The molecule has 0 bridgehead atoms. The molecule has 0 saturated carbocycles. The predicted octanol–water partition coefficient (Wildman–Crippen LogP) is 2.58. The van der Waals surface area contributed by atoms with Crippen LogP contribution in [0.4, 0.5) is 4.39 Å². The Bertz CT molecular complexity index is 823. The van der Waals surface area contributed by atoms with Gasteiger partial charge in [0, 0.05) is 26.1 Å². The van der Waals surface area contributed by atoms with E-state index in [9.17, 15) is 14.0 Å². The monoisotopic (exact) mass is 384 g/mol. The average Bonchev–Trinajstić information content (AvgIpc) is 3.08. The quantitative estimate of drug-likeness (QED) is 0.761. The van der Waals surface area contributed by atoms with Gasteiger partial charge in [0.25, 0.3) is 0 Å². The highest BCUT2D eigenvalue weighted by atomic mass is 19.1. The van der Waals surface area contributed by atoms with Crippen molar-refractivity contribution in [2.75, 3.05) is 26.7 Å². The van der Waals surface area contributed by atoms with Crippen molar-refractivity contribution in [1.29, 1.82) is 0 Å². The molecule has 2 aromatic carbocycles. The second-order valence-corrected chi connectivity index (χ2v) is 6.97. The maximum atomic E-state index is 13.0. The van der Waals surface area contributed by atoms with Crippen LogP contribution in [0.5, 0.6) is 5.75 Å². The van der Waals surface area contributed by atoms with Gasteiger partial charge in [-0.05, 0) is 42.2 Å². The van der Waals surface area contributed by atoms with Crippen molar-refractivity contribution in [3.63, 3.8) is 0 Å². The summed E-state index contributed by atoms with van der Waals surface area (Å²) in [6.07, 6.45) is 1.56. The minimum Gasteiger partial charge on any atom is -0.496 e. The molecule has 2 aromatic rings. The molecule has 6 heteroatoms. The lowest BCUT2D eigenvalue weighted by molar-refractivity contribution is -0.129. The topological polar surface area (TPSA) is 58.6 Å². The number of halogens is 1. The molecule has 3 rings (SSSR count). The van der Waals surface area contributed by atoms with E-state index in [1.54, 1.807) is 24.1 Å². The lowest BCUT2D eigenvalue weighted by atomic mass is 10.1. The fraction of sp³-hybridized carbons (Fsp3) is 0.364. The van der Waals surface area contributed by atoms with Gasteiger partial charge >= 0.3 is 0 Å². The summed E-state index contributed by atoms with van der Waals surface area (Å²) in [5.41, 5.74) is 2.01. The zero-order valence-corrected chi connectivity index (χ0v) is 16.0. The maximum Gasteiger partial charge on any atom is 0.225 e. The first-order valence-electron chi connectivity index (χ1n) is 9.48. The molecule has 1 N–H and O–H groups in total. The summed E-state index contributed by atoms with van der Waals surface area (Å²) < 4.78 is 18.3. The number of para-hydroxylation sites is 1. The van der Waals surface area contributed by atoms with Gasteiger partial charge in [-0.3, -0.25) is 9.59 Å². The smallest absolute Gasteiger partial charge is 0.225 e.